The smallest absolute Gasteiger partial charge is 0.303 e. The fraction of sp³-hybridized carbons (Fsp3) is 0.360. The van der Waals surface area contributed by atoms with E-state index < -0.39 is 12.3 Å². The zero-order valence-corrected chi connectivity index (χ0v) is 20.3. The number of thioether (sulfide) groups is 1. The number of benzene rings is 2. The minimum atomic E-state index is -0.917. The number of H-pyrrole nitrogens is 1. The first-order valence-electron chi connectivity index (χ1n) is 11.6. The van der Waals surface area contributed by atoms with Crippen LogP contribution in [0.1, 0.15) is 54.8 Å². The van der Waals surface area contributed by atoms with Gasteiger partial charge in [-0.3, -0.25) is 14.7 Å². The van der Waals surface area contributed by atoms with Crippen LogP contribution in [0.15, 0.2) is 60.0 Å². The minimum absolute atomic E-state index is 0.0174. The number of aliphatic hydroxyl groups is 1. The molecule has 36 heavy (non-hydrogen) atoms. The first kappa shape index (κ1) is 25.8. The van der Waals surface area contributed by atoms with Crippen LogP contribution in [-0.2, 0) is 25.7 Å². The summed E-state index contributed by atoms with van der Waals surface area (Å²) in [7, 11) is 0. The van der Waals surface area contributed by atoms with E-state index in [1.165, 1.54) is 18.1 Å². The van der Waals surface area contributed by atoms with E-state index in [9.17, 15) is 14.7 Å². The molecule has 4 N–H and O–H groups in total. The molecule has 1 aromatic heterocycles. The molecule has 0 aliphatic carbocycles. The molecule has 1 saturated heterocycles. The highest BCUT2D eigenvalue weighted by atomic mass is 32.2. The van der Waals surface area contributed by atoms with Gasteiger partial charge in [0.1, 0.15) is 6.33 Å². The fourth-order valence-corrected chi connectivity index (χ4v) is 4.60. The molecule has 0 unspecified atom stereocenters. The third kappa shape index (κ3) is 7.37. The molecule has 1 aliphatic rings. The Balaban J connectivity index is 1.43. The second kappa shape index (κ2) is 12.6. The molecule has 11 heteroatoms. The van der Waals surface area contributed by atoms with Crippen molar-refractivity contribution in [2.75, 3.05) is 11.1 Å². The summed E-state index contributed by atoms with van der Waals surface area (Å²) in [5.74, 6) is -0.491. The van der Waals surface area contributed by atoms with Gasteiger partial charge in [0, 0.05) is 36.3 Å². The monoisotopic (exact) mass is 512 g/mol. The Bertz CT molecular complexity index is 1120. The summed E-state index contributed by atoms with van der Waals surface area (Å²) in [5.41, 5.74) is 3.26. The van der Waals surface area contributed by atoms with Gasteiger partial charge in [0.2, 0.25) is 5.91 Å². The number of ether oxygens (including phenoxy) is 2. The lowest BCUT2D eigenvalue weighted by molar-refractivity contribution is -0.245. The van der Waals surface area contributed by atoms with Gasteiger partial charge in [-0.1, -0.05) is 48.2 Å². The molecule has 3 aromatic rings. The van der Waals surface area contributed by atoms with Crippen LogP contribution in [0, 0.1) is 0 Å². The van der Waals surface area contributed by atoms with Gasteiger partial charge in [0.05, 0.1) is 18.8 Å². The molecule has 0 bridgehead atoms. The van der Waals surface area contributed by atoms with Crippen LogP contribution in [0.25, 0.3) is 0 Å². The van der Waals surface area contributed by atoms with Gasteiger partial charge in [0.15, 0.2) is 11.4 Å². The van der Waals surface area contributed by atoms with Gasteiger partial charge in [-0.05, 0) is 29.7 Å². The molecular weight excluding hydrogens is 484 g/mol. The SMILES string of the molecule is O=C(O)CCCC(=O)Nc1ccc([C@@H]2O[C@H](CSc3ncn[nH]3)C[C@H](c3ccc(CO)cc3)O2)cc1. The number of nitrogens with one attached hydrogen (secondary N) is 2. The maximum absolute atomic E-state index is 12.1. The quantitative estimate of drug-likeness (QED) is 0.281. The Morgan fingerprint density at radius 1 is 1.06 bits per heavy atom. The Labute approximate surface area is 212 Å². The zero-order chi connectivity index (χ0) is 25.3. The second-order valence-corrected chi connectivity index (χ2v) is 9.38. The van der Waals surface area contributed by atoms with Crippen molar-refractivity contribution in [3.05, 3.63) is 71.5 Å². The predicted octanol–water partition coefficient (Wildman–Crippen LogP) is 3.83. The number of anilines is 1. The maximum Gasteiger partial charge on any atom is 0.303 e. The van der Waals surface area contributed by atoms with E-state index in [-0.39, 0.29) is 44.0 Å². The maximum atomic E-state index is 12.1. The number of aliphatic hydroxyl groups excluding tert-OH is 1. The van der Waals surface area contributed by atoms with Crippen molar-refractivity contribution in [1.29, 1.82) is 0 Å². The van der Waals surface area contributed by atoms with E-state index in [2.05, 4.69) is 20.5 Å². The Kier molecular flexibility index (Phi) is 9.06. The van der Waals surface area contributed by atoms with Crippen molar-refractivity contribution < 1.29 is 29.3 Å². The summed E-state index contributed by atoms with van der Waals surface area (Å²) in [6.45, 7) is -0.0174. The molecule has 1 amide bonds. The normalized spacial score (nSPS) is 19.6. The second-order valence-electron chi connectivity index (χ2n) is 8.37. The van der Waals surface area contributed by atoms with Crippen molar-refractivity contribution in [2.45, 2.75) is 55.9 Å². The molecule has 3 atom stereocenters. The standard InChI is InChI=1S/C25H28N4O6S/c30-13-16-4-6-17(7-5-16)21-12-20(14-36-25-26-15-27-29-25)34-24(35-21)18-8-10-19(11-9-18)28-22(31)2-1-3-23(32)33/h4-11,15,20-21,24,30H,1-3,12-14H2,(H,28,31)(H,32,33)(H,26,27,29)/t20-,21+,24+/m0/s1. The molecule has 0 saturated carbocycles. The van der Waals surface area contributed by atoms with E-state index in [1.807, 2.05) is 36.4 Å². The molecule has 4 rings (SSSR count). The molecule has 0 spiro atoms. The van der Waals surface area contributed by atoms with Crippen LogP contribution in [0.5, 0.6) is 0 Å². The van der Waals surface area contributed by atoms with Gasteiger partial charge >= 0.3 is 5.97 Å². The van der Waals surface area contributed by atoms with Gasteiger partial charge in [-0.25, -0.2) is 4.98 Å². The van der Waals surface area contributed by atoms with E-state index in [1.54, 1.807) is 12.1 Å². The topological polar surface area (TPSA) is 147 Å². The third-order valence-corrected chi connectivity index (χ3v) is 6.68. The number of aromatic nitrogens is 3. The van der Waals surface area contributed by atoms with Crippen molar-refractivity contribution in [3.63, 3.8) is 0 Å². The molecule has 2 heterocycles. The lowest BCUT2D eigenvalue weighted by Gasteiger charge is -2.36. The van der Waals surface area contributed by atoms with E-state index >= 15 is 0 Å². The first-order chi connectivity index (χ1) is 17.5. The summed E-state index contributed by atoms with van der Waals surface area (Å²) in [6, 6.07) is 14.9. The van der Waals surface area contributed by atoms with Crippen LogP contribution in [0.3, 0.4) is 0 Å². The number of hydrogen-bond acceptors (Lipinski definition) is 8. The molecule has 10 nitrogen and oxygen atoms in total. The fourth-order valence-electron chi connectivity index (χ4n) is 3.81. The molecule has 2 aromatic carbocycles. The van der Waals surface area contributed by atoms with Crippen molar-refractivity contribution in [3.8, 4) is 0 Å². The summed E-state index contributed by atoms with van der Waals surface area (Å²) in [6.07, 6.45) is 1.58. The third-order valence-electron chi connectivity index (χ3n) is 5.67. The Hall–Kier alpha value is -3.25. The Morgan fingerprint density at radius 2 is 1.81 bits per heavy atom. The van der Waals surface area contributed by atoms with Gasteiger partial charge < -0.3 is 25.0 Å². The highest BCUT2D eigenvalue weighted by Crippen LogP contribution is 2.39. The molecule has 0 radical (unpaired) electrons. The van der Waals surface area contributed by atoms with Crippen molar-refractivity contribution >= 4 is 29.3 Å². The molecule has 1 aliphatic heterocycles. The van der Waals surface area contributed by atoms with E-state index in [0.29, 0.717) is 23.0 Å². The van der Waals surface area contributed by atoms with Crippen LogP contribution in [0.4, 0.5) is 5.69 Å². The Morgan fingerprint density at radius 3 is 2.47 bits per heavy atom. The summed E-state index contributed by atoms with van der Waals surface area (Å²) < 4.78 is 12.6. The number of aromatic amines is 1. The molecule has 190 valence electrons. The summed E-state index contributed by atoms with van der Waals surface area (Å²) in [4.78, 5) is 26.8. The summed E-state index contributed by atoms with van der Waals surface area (Å²) >= 11 is 1.52. The number of carboxylic acid groups (broad SMARTS) is 1. The predicted molar refractivity (Wildman–Crippen MR) is 132 cm³/mol. The van der Waals surface area contributed by atoms with Crippen molar-refractivity contribution in [1.82, 2.24) is 15.2 Å². The zero-order valence-electron chi connectivity index (χ0n) is 19.5. The van der Waals surface area contributed by atoms with Crippen LogP contribution >= 0.6 is 11.8 Å². The number of carbonyl (C=O) groups is 2. The number of carboxylic acids is 1. The molecule has 1 fully saturated rings. The number of aliphatic carboxylic acids is 1. The van der Waals surface area contributed by atoms with Crippen molar-refractivity contribution in [2.24, 2.45) is 0 Å². The summed E-state index contributed by atoms with van der Waals surface area (Å²) in [5, 5.41) is 28.3. The highest BCUT2D eigenvalue weighted by molar-refractivity contribution is 7.99. The first-order valence-corrected chi connectivity index (χ1v) is 12.6. The number of nitrogens with zero attached hydrogens (tertiary/aromatic N) is 2. The van der Waals surface area contributed by atoms with Crippen LogP contribution < -0.4 is 5.32 Å². The van der Waals surface area contributed by atoms with Crippen LogP contribution in [0.2, 0.25) is 0 Å². The highest BCUT2D eigenvalue weighted by Gasteiger charge is 2.32. The number of carbonyl (C=O) groups excluding carboxylic acids is 1. The average molecular weight is 513 g/mol. The lowest BCUT2D eigenvalue weighted by Crippen LogP contribution is -2.31. The van der Waals surface area contributed by atoms with E-state index in [4.69, 9.17) is 14.6 Å². The van der Waals surface area contributed by atoms with Gasteiger partial charge in [0.25, 0.3) is 0 Å². The van der Waals surface area contributed by atoms with Gasteiger partial charge in [-0.2, -0.15) is 5.10 Å². The number of rotatable bonds is 11. The molecular formula is C25H28N4O6S. The van der Waals surface area contributed by atoms with E-state index in [0.717, 1.165) is 16.7 Å². The minimum Gasteiger partial charge on any atom is -0.481 e. The number of hydrogen-bond donors (Lipinski definition) is 4. The van der Waals surface area contributed by atoms with Crippen LogP contribution in [-0.4, -0.2) is 49.1 Å². The average Bonchev–Trinajstić information content (AvgIpc) is 3.41. The number of amides is 1. The lowest BCUT2D eigenvalue weighted by atomic mass is 10.0. The largest absolute Gasteiger partial charge is 0.481 e. The van der Waals surface area contributed by atoms with Gasteiger partial charge in [-0.15, -0.1) is 0 Å².